The van der Waals surface area contributed by atoms with Gasteiger partial charge in [0.2, 0.25) is 0 Å². The highest BCUT2D eigenvalue weighted by Gasteiger charge is 2.29. The summed E-state index contributed by atoms with van der Waals surface area (Å²) < 4.78 is 21.7. The first-order valence-electron chi connectivity index (χ1n) is 16.1. The van der Waals surface area contributed by atoms with Gasteiger partial charge in [0.1, 0.15) is 17.1 Å². The summed E-state index contributed by atoms with van der Waals surface area (Å²) in [4.78, 5) is 48.8. The summed E-state index contributed by atoms with van der Waals surface area (Å²) >= 11 is 1.38. The summed E-state index contributed by atoms with van der Waals surface area (Å²) in [6.45, 7) is 7.65. The van der Waals surface area contributed by atoms with Crippen LogP contribution in [0.1, 0.15) is 57.6 Å². The third-order valence-corrected chi connectivity index (χ3v) is 9.86. The average Bonchev–Trinajstić information content (AvgIpc) is 3.65. The second kappa shape index (κ2) is 12.6. The third-order valence-electron chi connectivity index (χ3n) is 8.61. The van der Waals surface area contributed by atoms with Crippen molar-refractivity contribution >= 4 is 45.7 Å². The molecule has 49 heavy (non-hydrogen) atoms. The van der Waals surface area contributed by atoms with Gasteiger partial charge in [0.05, 0.1) is 21.8 Å². The summed E-state index contributed by atoms with van der Waals surface area (Å²) in [6.07, 6.45) is 1.73. The molecule has 0 unspecified atom stereocenters. The number of anilines is 1. The smallest absolute Gasteiger partial charge is 0.419 e. The van der Waals surface area contributed by atoms with Crippen LogP contribution in [-0.4, -0.2) is 39.5 Å². The number of ketones is 1. The average molecular weight is 672 g/mol. The fraction of sp³-hybridized carbons (Fsp3) is 0.200. The van der Waals surface area contributed by atoms with Gasteiger partial charge in [-0.25, -0.2) is 14.2 Å². The second-order valence-corrected chi connectivity index (χ2v) is 14.2. The lowest BCUT2D eigenvalue weighted by atomic mass is 10.0. The van der Waals surface area contributed by atoms with E-state index in [1.54, 1.807) is 29.3 Å². The van der Waals surface area contributed by atoms with E-state index in [1.165, 1.54) is 22.0 Å². The summed E-state index contributed by atoms with van der Waals surface area (Å²) in [5.41, 5.74) is 5.25. The molecule has 3 aromatic heterocycles. The molecule has 0 radical (unpaired) electrons. The first-order valence-corrected chi connectivity index (χ1v) is 16.9. The number of aryl methyl sites for hydroxylation is 1. The number of amides is 1. The molecule has 0 bridgehead atoms. The number of nitrogens with zero attached hydrogens (tertiary/aromatic N) is 3. The quantitative estimate of drug-likeness (QED) is 0.171. The zero-order valence-electron chi connectivity index (χ0n) is 27.6. The van der Waals surface area contributed by atoms with E-state index in [0.717, 1.165) is 32.6 Å². The highest BCUT2D eigenvalue weighted by atomic mass is 32.1. The second-order valence-electron chi connectivity index (χ2n) is 13.1. The number of pyridine rings is 1. The minimum absolute atomic E-state index is 0.0113. The number of benzene rings is 3. The Balaban J connectivity index is 1.20. The van der Waals surface area contributed by atoms with Crippen molar-refractivity contribution in [2.45, 2.75) is 46.1 Å². The van der Waals surface area contributed by atoms with E-state index in [1.807, 2.05) is 94.4 Å². The number of rotatable bonds is 5. The van der Waals surface area contributed by atoms with Gasteiger partial charge in [0, 0.05) is 40.6 Å². The van der Waals surface area contributed by atoms with Crippen LogP contribution in [0.3, 0.4) is 0 Å². The van der Waals surface area contributed by atoms with E-state index < -0.39 is 11.7 Å². The fourth-order valence-corrected chi connectivity index (χ4v) is 7.45. The number of carbonyl (C=O) groups is 3. The maximum absolute atomic E-state index is 14.5. The van der Waals surface area contributed by atoms with Crippen LogP contribution in [-0.2, 0) is 17.6 Å². The lowest BCUT2D eigenvalue weighted by Crippen LogP contribution is -2.33. The molecule has 3 aromatic carbocycles. The van der Waals surface area contributed by atoms with Crippen LogP contribution in [0.4, 0.5) is 14.9 Å². The maximum Gasteiger partial charge on any atom is 0.419 e. The summed E-state index contributed by atoms with van der Waals surface area (Å²) in [6, 6.07) is 27.2. The molecule has 0 aliphatic carbocycles. The predicted molar refractivity (Wildman–Crippen MR) is 191 cm³/mol. The Bertz CT molecular complexity index is 2260. The number of hydrogen-bond acceptors (Lipinski definition) is 6. The van der Waals surface area contributed by atoms with Crippen molar-refractivity contribution in [1.82, 2.24) is 9.55 Å². The van der Waals surface area contributed by atoms with E-state index >= 15 is 0 Å². The normalized spacial score (nSPS) is 12.7. The van der Waals surface area contributed by atoms with Crippen molar-refractivity contribution < 1.29 is 23.5 Å². The minimum atomic E-state index is -0.669. The Kier molecular flexibility index (Phi) is 8.24. The van der Waals surface area contributed by atoms with Crippen LogP contribution in [0.15, 0.2) is 97.2 Å². The van der Waals surface area contributed by atoms with Crippen LogP contribution in [0.2, 0.25) is 0 Å². The van der Waals surface area contributed by atoms with E-state index in [2.05, 4.69) is 0 Å². The Morgan fingerprint density at radius 3 is 2.47 bits per heavy atom. The van der Waals surface area contributed by atoms with E-state index in [-0.39, 0.29) is 29.6 Å². The van der Waals surface area contributed by atoms with E-state index in [0.29, 0.717) is 40.2 Å². The van der Waals surface area contributed by atoms with E-state index in [4.69, 9.17) is 9.72 Å². The molecule has 0 N–H and O–H groups in total. The monoisotopic (exact) mass is 671 g/mol. The fourth-order valence-electron chi connectivity index (χ4n) is 6.27. The van der Waals surface area contributed by atoms with Gasteiger partial charge in [0.15, 0.2) is 5.78 Å². The molecule has 7 rings (SSSR count). The Hall–Kier alpha value is -5.41. The molecule has 0 atom stereocenters. The molecule has 4 heterocycles. The van der Waals surface area contributed by atoms with Crippen LogP contribution < -0.4 is 4.90 Å². The summed E-state index contributed by atoms with van der Waals surface area (Å²) in [7, 11) is 0. The Labute approximate surface area is 287 Å². The number of Topliss-reactive ketones (excluding diaryl/α,β-unsaturated/α-hetero) is 1. The first-order chi connectivity index (χ1) is 23.5. The number of halogens is 1. The molecular weight excluding hydrogens is 638 g/mol. The highest BCUT2D eigenvalue weighted by molar-refractivity contribution is 7.17. The Morgan fingerprint density at radius 2 is 1.67 bits per heavy atom. The topological polar surface area (TPSA) is 81.5 Å². The minimum Gasteiger partial charge on any atom is -0.443 e. The molecule has 1 aliphatic heterocycles. The number of carbonyl (C=O) groups excluding carboxylic acids is 3. The Morgan fingerprint density at radius 1 is 0.918 bits per heavy atom. The molecule has 1 aliphatic rings. The summed E-state index contributed by atoms with van der Waals surface area (Å²) in [5.74, 6) is -0.769. The van der Waals surface area contributed by atoms with Crippen molar-refractivity contribution in [1.29, 1.82) is 0 Å². The number of para-hydroxylation sites is 2. The molecular formula is C40H34FN3O4S. The number of fused-ring (bicyclic) bond motifs is 4. The van der Waals surface area contributed by atoms with Gasteiger partial charge in [-0.1, -0.05) is 54.6 Å². The molecule has 6 aromatic rings. The SMILES string of the molecule is Cc1cccc(F)c1CC(=O)c1cc2c(s1)-c1ccccc1N(C(=O)c1cccc(-c3cn(C(=O)OC(C)(C)C)c4ccccc34)n1)CC2. The van der Waals surface area contributed by atoms with Gasteiger partial charge in [-0.2, -0.15) is 0 Å². The van der Waals surface area contributed by atoms with Crippen molar-refractivity contribution in [2.75, 3.05) is 11.4 Å². The van der Waals surface area contributed by atoms with Crippen molar-refractivity contribution in [3.63, 3.8) is 0 Å². The van der Waals surface area contributed by atoms with Gasteiger partial charge in [0.25, 0.3) is 5.91 Å². The van der Waals surface area contributed by atoms with Crippen LogP contribution in [0.5, 0.6) is 0 Å². The molecule has 0 saturated carbocycles. The predicted octanol–water partition coefficient (Wildman–Crippen LogP) is 9.29. The maximum atomic E-state index is 14.5. The lowest BCUT2D eigenvalue weighted by Gasteiger charge is -2.23. The van der Waals surface area contributed by atoms with Crippen LogP contribution in [0, 0.1) is 12.7 Å². The van der Waals surface area contributed by atoms with Crippen LogP contribution in [0.25, 0.3) is 32.6 Å². The molecule has 246 valence electrons. The standard InChI is InChI=1S/C40H34FN3O4S/c1-24-11-9-14-30(41)28(24)22-35(45)36-21-25-19-20-43(34-18-8-6-13-27(34)37(25)49-36)38(46)32-16-10-15-31(42-32)29-23-44(39(47)48-40(2,3)4)33-17-7-5-12-26(29)33/h5-18,21,23H,19-20,22H2,1-4H3. The number of hydrogen-bond donors (Lipinski definition) is 0. The molecule has 0 spiro atoms. The highest BCUT2D eigenvalue weighted by Crippen LogP contribution is 2.42. The van der Waals surface area contributed by atoms with Gasteiger partial charge in [-0.15, -0.1) is 11.3 Å². The van der Waals surface area contributed by atoms with Gasteiger partial charge in [-0.05, 0) is 87.2 Å². The molecule has 0 fully saturated rings. The zero-order chi connectivity index (χ0) is 34.4. The van der Waals surface area contributed by atoms with E-state index in [9.17, 15) is 18.8 Å². The lowest BCUT2D eigenvalue weighted by molar-refractivity contribution is 0.0544. The van der Waals surface area contributed by atoms with Gasteiger partial charge >= 0.3 is 6.09 Å². The first kappa shape index (κ1) is 32.2. The number of ether oxygens (including phenoxy) is 1. The molecule has 1 amide bonds. The molecule has 0 saturated heterocycles. The van der Waals surface area contributed by atoms with Crippen LogP contribution >= 0.6 is 11.3 Å². The largest absolute Gasteiger partial charge is 0.443 e. The van der Waals surface area contributed by atoms with Gasteiger partial charge < -0.3 is 9.64 Å². The number of aromatic nitrogens is 2. The van der Waals surface area contributed by atoms with Crippen molar-refractivity contribution in [3.05, 3.63) is 130 Å². The van der Waals surface area contributed by atoms with Crippen molar-refractivity contribution in [2.24, 2.45) is 0 Å². The third kappa shape index (κ3) is 6.18. The zero-order valence-corrected chi connectivity index (χ0v) is 28.4. The molecule has 9 heteroatoms. The summed E-state index contributed by atoms with van der Waals surface area (Å²) in [5, 5.41) is 0.811. The van der Waals surface area contributed by atoms with Gasteiger partial charge in [-0.3, -0.25) is 14.2 Å². The molecule has 7 nitrogen and oxygen atoms in total. The van der Waals surface area contributed by atoms with Crippen molar-refractivity contribution in [3.8, 4) is 21.7 Å². The number of thiophene rings is 1.